The molecule has 0 saturated heterocycles. The average molecular weight is 385 g/mol. The van der Waals surface area contributed by atoms with E-state index >= 15 is 0 Å². The molecule has 27 heavy (non-hydrogen) atoms. The summed E-state index contributed by atoms with van der Waals surface area (Å²) >= 11 is 6.16. The second-order valence-electron chi connectivity index (χ2n) is 8.19. The predicted molar refractivity (Wildman–Crippen MR) is 113 cm³/mol. The van der Waals surface area contributed by atoms with Crippen LogP contribution in [0.15, 0.2) is 24.3 Å². The molecule has 0 amide bonds. The zero-order valence-corrected chi connectivity index (χ0v) is 17.1. The first-order valence-corrected chi connectivity index (χ1v) is 10.6. The Bertz CT molecular complexity index is 799. The van der Waals surface area contributed by atoms with E-state index in [4.69, 9.17) is 21.6 Å². The lowest BCUT2D eigenvalue weighted by Gasteiger charge is -2.31. The molecule has 1 saturated carbocycles. The van der Waals surface area contributed by atoms with Crippen molar-refractivity contribution < 1.29 is 0 Å². The number of rotatable bonds is 4. The molecule has 1 N–H and O–H groups in total. The molecule has 2 heterocycles. The van der Waals surface area contributed by atoms with Crippen LogP contribution < -0.4 is 10.2 Å². The van der Waals surface area contributed by atoms with Gasteiger partial charge in [-0.2, -0.15) is 0 Å². The summed E-state index contributed by atoms with van der Waals surface area (Å²) in [4.78, 5) is 12.1. The molecule has 0 radical (unpaired) electrons. The van der Waals surface area contributed by atoms with Crippen LogP contribution >= 0.6 is 11.6 Å². The van der Waals surface area contributed by atoms with Crippen LogP contribution in [0.4, 0.5) is 11.6 Å². The summed E-state index contributed by atoms with van der Waals surface area (Å²) in [5.41, 5.74) is 2.70. The zero-order chi connectivity index (χ0) is 18.8. The molecule has 4 nitrogen and oxygen atoms in total. The number of hydrogen-bond acceptors (Lipinski definition) is 4. The molecule has 0 bridgehead atoms. The number of halogens is 1. The van der Waals surface area contributed by atoms with Crippen molar-refractivity contribution in [2.75, 3.05) is 16.8 Å². The Morgan fingerprint density at radius 1 is 1.07 bits per heavy atom. The topological polar surface area (TPSA) is 41.1 Å². The van der Waals surface area contributed by atoms with E-state index < -0.39 is 0 Å². The maximum Gasteiger partial charge on any atom is 0.135 e. The van der Waals surface area contributed by atoms with Gasteiger partial charge in [-0.25, -0.2) is 9.97 Å². The van der Waals surface area contributed by atoms with Crippen molar-refractivity contribution >= 4 is 23.2 Å². The normalized spacial score (nSPS) is 17.9. The van der Waals surface area contributed by atoms with Crippen LogP contribution in [0.3, 0.4) is 0 Å². The average Bonchev–Trinajstić information content (AvgIpc) is 2.68. The molecule has 1 aliphatic heterocycles. The van der Waals surface area contributed by atoms with Crippen molar-refractivity contribution in [1.82, 2.24) is 9.97 Å². The third kappa shape index (κ3) is 4.37. The van der Waals surface area contributed by atoms with Gasteiger partial charge in [-0.15, -0.1) is 0 Å². The van der Waals surface area contributed by atoms with Gasteiger partial charge in [-0.05, 0) is 42.5 Å². The first-order valence-electron chi connectivity index (χ1n) is 10.3. The molecule has 1 fully saturated rings. The Morgan fingerprint density at radius 3 is 2.67 bits per heavy atom. The van der Waals surface area contributed by atoms with Gasteiger partial charge in [0, 0.05) is 36.1 Å². The highest BCUT2D eigenvalue weighted by molar-refractivity contribution is 6.30. The molecule has 1 aromatic carbocycles. The summed E-state index contributed by atoms with van der Waals surface area (Å²) in [5.74, 6) is 3.26. The minimum absolute atomic E-state index is 0.313. The summed E-state index contributed by atoms with van der Waals surface area (Å²) in [7, 11) is 0. The van der Waals surface area contributed by atoms with E-state index in [1.165, 1.54) is 43.2 Å². The first-order chi connectivity index (χ1) is 13.1. The van der Waals surface area contributed by atoms with Crippen molar-refractivity contribution in [1.29, 1.82) is 0 Å². The summed E-state index contributed by atoms with van der Waals surface area (Å²) in [6.45, 7) is 6.17. The third-order valence-corrected chi connectivity index (χ3v) is 5.94. The number of benzene rings is 1. The number of nitrogens with one attached hydrogen (secondary N) is 1. The highest BCUT2D eigenvalue weighted by Gasteiger charge is 2.21. The van der Waals surface area contributed by atoms with Crippen molar-refractivity contribution in [2.45, 2.75) is 70.9 Å². The number of hydrogen-bond donors (Lipinski definition) is 1. The van der Waals surface area contributed by atoms with Gasteiger partial charge in [0.15, 0.2) is 0 Å². The highest BCUT2D eigenvalue weighted by Crippen LogP contribution is 2.29. The van der Waals surface area contributed by atoms with Gasteiger partial charge in [-0.3, -0.25) is 0 Å². The van der Waals surface area contributed by atoms with E-state index in [-0.39, 0.29) is 0 Å². The largest absolute Gasteiger partial charge is 0.367 e. The number of nitrogens with zero attached hydrogens (tertiary/aromatic N) is 3. The molecule has 2 aliphatic rings. The smallest absolute Gasteiger partial charge is 0.135 e. The van der Waals surface area contributed by atoms with Crippen LogP contribution in [0.1, 0.15) is 68.8 Å². The predicted octanol–water partition coefficient (Wildman–Crippen LogP) is 5.56. The third-order valence-electron chi connectivity index (χ3n) is 5.71. The van der Waals surface area contributed by atoms with E-state index in [0.717, 1.165) is 42.0 Å². The summed E-state index contributed by atoms with van der Waals surface area (Å²) < 4.78 is 0. The van der Waals surface area contributed by atoms with Gasteiger partial charge >= 0.3 is 0 Å². The van der Waals surface area contributed by atoms with Gasteiger partial charge in [0.25, 0.3) is 0 Å². The fraction of sp³-hybridized carbons (Fsp3) is 0.545. The Morgan fingerprint density at radius 2 is 1.89 bits per heavy atom. The number of fused-ring (bicyclic) bond motifs is 1. The van der Waals surface area contributed by atoms with Crippen LogP contribution in [0.25, 0.3) is 0 Å². The van der Waals surface area contributed by atoms with Gasteiger partial charge in [0.05, 0.1) is 0 Å². The quantitative estimate of drug-likeness (QED) is 0.749. The molecule has 1 aromatic heterocycles. The maximum absolute atomic E-state index is 6.16. The second-order valence-corrected chi connectivity index (χ2v) is 8.62. The minimum atomic E-state index is 0.313. The van der Waals surface area contributed by atoms with Crippen LogP contribution in [0.2, 0.25) is 5.02 Å². The van der Waals surface area contributed by atoms with E-state index in [1.807, 2.05) is 6.07 Å². The lowest BCUT2D eigenvalue weighted by Crippen LogP contribution is -2.31. The Kier molecular flexibility index (Phi) is 5.53. The van der Waals surface area contributed by atoms with Gasteiger partial charge in [0.2, 0.25) is 0 Å². The Balaban J connectivity index is 1.58. The maximum atomic E-state index is 6.16. The van der Waals surface area contributed by atoms with Gasteiger partial charge < -0.3 is 10.2 Å². The molecule has 1 aliphatic carbocycles. The summed E-state index contributed by atoms with van der Waals surface area (Å²) in [6, 6.07) is 8.92. The standard InChI is InChI=1S/C22H29ClN4/c1-15(2)22-25-20(24-19-6-4-3-5-7-19)13-21(26-22)27-11-10-16-12-18(23)9-8-17(16)14-27/h8-9,12-13,15,19H,3-7,10-11,14H2,1-2H3,(H,24,25,26). The number of aromatic nitrogens is 2. The lowest BCUT2D eigenvalue weighted by atomic mass is 9.95. The van der Waals surface area contributed by atoms with Crippen LogP contribution in [-0.2, 0) is 13.0 Å². The molecule has 0 spiro atoms. The first kappa shape index (κ1) is 18.5. The van der Waals surface area contributed by atoms with E-state index in [1.54, 1.807) is 0 Å². The Labute approximate surface area is 167 Å². The summed E-state index contributed by atoms with van der Waals surface area (Å²) in [6.07, 6.45) is 7.49. The molecule has 0 atom stereocenters. The fourth-order valence-electron chi connectivity index (χ4n) is 4.12. The van der Waals surface area contributed by atoms with Gasteiger partial charge in [0.1, 0.15) is 17.5 Å². The molecule has 0 unspecified atom stereocenters. The molecular formula is C22H29ClN4. The second kappa shape index (κ2) is 8.05. The van der Waals surface area contributed by atoms with E-state index in [0.29, 0.717) is 12.0 Å². The van der Waals surface area contributed by atoms with Gasteiger partial charge in [-0.1, -0.05) is 50.8 Å². The van der Waals surface area contributed by atoms with Crippen molar-refractivity contribution in [3.8, 4) is 0 Å². The fourth-order valence-corrected chi connectivity index (χ4v) is 4.31. The molecule has 144 valence electrons. The van der Waals surface area contributed by atoms with Crippen molar-refractivity contribution in [3.05, 3.63) is 46.2 Å². The van der Waals surface area contributed by atoms with Crippen molar-refractivity contribution in [3.63, 3.8) is 0 Å². The number of anilines is 2. The zero-order valence-electron chi connectivity index (χ0n) is 16.3. The lowest BCUT2D eigenvalue weighted by molar-refractivity contribution is 0.461. The SMILES string of the molecule is CC(C)c1nc(NC2CCCCC2)cc(N2CCc3cc(Cl)ccc3C2)n1. The molecule has 2 aromatic rings. The van der Waals surface area contributed by atoms with E-state index in [2.05, 4.69) is 42.3 Å². The van der Waals surface area contributed by atoms with E-state index in [9.17, 15) is 0 Å². The monoisotopic (exact) mass is 384 g/mol. The van der Waals surface area contributed by atoms with Crippen LogP contribution in [0.5, 0.6) is 0 Å². The van der Waals surface area contributed by atoms with Crippen LogP contribution in [-0.4, -0.2) is 22.6 Å². The van der Waals surface area contributed by atoms with Crippen molar-refractivity contribution in [2.24, 2.45) is 0 Å². The minimum Gasteiger partial charge on any atom is -0.367 e. The highest BCUT2D eigenvalue weighted by atomic mass is 35.5. The molecule has 5 heteroatoms. The Hall–Kier alpha value is -1.81. The van der Waals surface area contributed by atoms with Crippen LogP contribution in [0, 0.1) is 0 Å². The molecular weight excluding hydrogens is 356 g/mol. The summed E-state index contributed by atoms with van der Waals surface area (Å²) in [5, 5.41) is 4.51. The molecule has 4 rings (SSSR count).